The van der Waals surface area contributed by atoms with Crippen molar-refractivity contribution in [2.24, 2.45) is 4.99 Å². The monoisotopic (exact) mass is 397 g/mol. The van der Waals surface area contributed by atoms with Crippen molar-refractivity contribution >= 4 is 23.2 Å². The van der Waals surface area contributed by atoms with Crippen LogP contribution in [0.5, 0.6) is 0 Å². The number of rotatable bonds is 5. The molecule has 0 aliphatic heterocycles. The normalized spacial score (nSPS) is 12.5. The third-order valence-corrected chi connectivity index (χ3v) is 4.73. The van der Waals surface area contributed by atoms with E-state index < -0.39 is 11.7 Å². The molecular formula is C23H18F3NS. The van der Waals surface area contributed by atoms with Crippen LogP contribution >= 0.6 is 11.8 Å². The van der Waals surface area contributed by atoms with Gasteiger partial charge in [-0.2, -0.15) is 13.2 Å². The van der Waals surface area contributed by atoms with Crippen molar-refractivity contribution in [2.75, 3.05) is 0 Å². The topological polar surface area (TPSA) is 12.4 Å². The number of halogens is 3. The second-order valence-electron chi connectivity index (χ2n) is 6.14. The first kappa shape index (κ1) is 20.0. The zero-order valence-electron chi connectivity index (χ0n) is 15.1. The van der Waals surface area contributed by atoms with Crippen molar-refractivity contribution in [2.45, 2.75) is 18.0 Å². The molecule has 0 saturated carbocycles. The van der Waals surface area contributed by atoms with E-state index in [-0.39, 0.29) is 0 Å². The predicted molar refractivity (Wildman–Crippen MR) is 110 cm³/mol. The fourth-order valence-corrected chi connectivity index (χ4v) is 3.30. The molecule has 0 saturated heterocycles. The Hall–Kier alpha value is -2.79. The van der Waals surface area contributed by atoms with Gasteiger partial charge in [-0.05, 0) is 54.8 Å². The van der Waals surface area contributed by atoms with E-state index in [1.54, 1.807) is 0 Å². The number of allylic oxidation sites excluding steroid dienone is 1. The van der Waals surface area contributed by atoms with Crippen LogP contribution in [0.4, 0.5) is 18.9 Å². The molecule has 0 fully saturated rings. The molecule has 0 aromatic heterocycles. The number of para-hydroxylation sites is 1. The highest BCUT2D eigenvalue weighted by molar-refractivity contribution is 8.02. The van der Waals surface area contributed by atoms with Gasteiger partial charge >= 0.3 is 6.18 Å². The summed E-state index contributed by atoms with van der Waals surface area (Å²) in [7, 11) is 0. The Labute approximate surface area is 166 Å². The lowest BCUT2D eigenvalue weighted by atomic mass is 10.1. The molecule has 0 aliphatic carbocycles. The molecule has 3 aromatic rings. The highest BCUT2D eigenvalue weighted by Crippen LogP contribution is 2.29. The van der Waals surface area contributed by atoms with Crippen molar-refractivity contribution in [3.63, 3.8) is 0 Å². The Kier molecular flexibility index (Phi) is 6.37. The van der Waals surface area contributed by atoms with Gasteiger partial charge in [0.25, 0.3) is 0 Å². The van der Waals surface area contributed by atoms with Gasteiger partial charge in [0.15, 0.2) is 0 Å². The van der Waals surface area contributed by atoms with E-state index in [1.807, 2.05) is 66.9 Å². The van der Waals surface area contributed by atoms with Gasteiger partial charge < -0.3 is 0 Å². The fraction of sp³-hybridized carbons (Fsp3) is 0.0870. The molecule has 3 rings (SSSR count). The molecule has 0 amide bonds. The van der Waals surface area contributed by atoms with Gasteiger partial charge in [-0.3, -0.25) is 0 Å². The van der Waals surface area contributed by atoms with Crippen LogP contribution in [-0.2, 0) is 6.18 Å². The lowest BCUT2D eigenvalue weighted by molar-refractivity contribution is -0.137. The molecular weight excluding hydrogens is 379 g/mol. The van der Waals surface area contributed by atoms with Crippen molar-refractivity contribution in [1.82, 2.24) is 0 Å². The zero-order chi connectivity index (χ0) is 20.0. The van der Waals surface area contributed by atoms with Crippen LogP contribution in [0.25, 0.3) is 0 Å². The summed E-state index contributed by atoms with van der Waals surface area (Å²) in [4.78, 5) is 5.69. The number of nitrogens with zero attached hydrogens (tertiary/aromatic N) is 1. The Morgan fingerprint density at radius 1 is 0.893 bits per heavy atom. The molecule has 0 spiro atoms. The Bertz CT molecular complexity index is 975. The zero-order valence-corrected chi connectivity index (χ0v) is 16.0. The summed E-state index contributed by atoms with van der Waals surface area (Å²) >= 11 is 1.53. The summed E-state index contributed by atoms with van der Waals surface area (Å²) in [6, 6.07) is 22.5. The van der Waals surface area contributed by atoms with Gasteiger partial charge in [0.05, 0.1) is 17.0 Å². The lowest BCUT2D eigenvalue weighted by Gasteiger charge is -2.08. The fourth-order valence-electron chi connectivity index (χ4n) is 2.54. The van der Waals surface area contributed by atoms with Crippen LogP contribution in [0.1, 0.15) is 16.7 Å². The highest BCUT2D eigenvalue weighted by Gasteiger charge is 2.30. The smallest absolute Gasteiger partial charge is 0.248 e. The maximum atomic E-state index is 12.8. The Morgan fingerprint density at radius 2 is 1.61 bits per heavy atom. The quantitative estimate of drug-likeness (QED) is 0.322. The Morgan fingerprint density at radius 3 is 2.25 bits per heavy atom. The minimum Gasteiger partial charge on any atom is -0.248 e. The first-order valence-corrected chi connectivity index (χ1v) is 9.51. The van der Waals surface area contributed by atoms with Crippen molar-refractivity contribution in [1.29, 1.82) is 0 Å². The van der Waals surface area contributed by atoms with Gasteiger partial charge in [0.1, 0.15) is 0 Å². The molecule has 5 heteroatoms. The Balaban J connectivity index is 1.89. The van der Waals surface area contributed by atoms with Gasteiger partial charge in [-0.1, -0.05) is 59.8 Å². The second-order valence-corrected chi connectivity index (χ2v) is 7.12. The van der Waals surface area contributed by atoms with Crippen LogP contribution in [-0.4, -0.2) is 5.71 Å². The van der Waals surface area contributed by atoms with E-state index in [2.05, 4.69) is 11.1 Å². The number of hydrogen-bond acceptors (Lipinski definition) is 2. The maximum absolute atomic E-state index is 12.8. The van der Waals surface area contributed by atoms with Gasteiger partial charge in [-0.15, -0.1) is 0 Å². The number of aryl methyl sites for hydroxylation is 1. The molecule has 0 aliphatic rings. The van der Waals surface area contributed by atoms with E-state index in [1.165, 1.54) is 29.5 Å². The minimum atomic E-state index is -4.36. The van der Waals surface area contributed by atoms with Crippen LogP contribution in [0, 0.1) is 6.92 Å². The van der Waals surface area contributed by atoms with Crippen LogP contribution in [0.15, 0.2) is 100 Å². The second kappa shape index (κ2) is 8.93. The van der Waals surface area contributed by atoms with E-state index in [0.29, 0.717) is 11.3 Å². The third kappa shape index (κ3) is 5.60. The molecule has 0 bridgehead atoms. The predicted octanol–water partition coefficient (Wildman–Crippen LogP) is 7.44. The van der Waals surface area contributed by atoms with Crippen LogP contribution in [0.3, 0.4) is 0 Å². The number of alkyl halides is 3. The molecule has 0 unspecified atom stereocenters. The first-order chi connectivity index (χ1) is 13.4. The molecule has 0 N–H and O–H groups in total. The van der Waals surface area contributed by atoms with Gasteiger partial charge in [0, 0.05) is 10.5 Å². The van der Waals surface area contributed by atoms with Crippen molar-refractivity contribution in [3.05, 3.63) is 107 Å². The maximum Gasteiger partial charge on any atom is 0.416 e. The van der Waals surface area contributed by atoms with Crippen molar-refractivity contribution < 1.29 is 13.2 Å². The van der Waals surface area contributed by atoms with E-state index in [9.17, 15) is 13.2 Å². The average molecular weight is 397 g/mol. The van der Waals surface area contributed by atoms with Crippen LogP contribution in [0.2, 0.25) is 0 Å². The number of aliphatic imine (C=N–C) groups is 1. The summed E-state index contributed by atoms with van der Waals surface area (Å²) in [5.41, 5.74) is 2.45. The number of thioether (sulfide) groups is 1. The largest absolute Gasteiger partial charge is 0.416 e. The number of benzene rings is 3. The molecule has 0 atom stereocenters. The average Bonchev–Trinajstić information content (AvgIpc) is 2.67. The third-order valence-electron chi connectivity index (χ3n) is 3.93. The standard InChI is InChI=1S/C23H18F3NS/c1-17-6-5-9-21(16-17)28-15-14-22(27-20-7-3-2-4-8-20)18-10-12-19(13-11-18)23(24,25)26/h2-16H,1H3. The summed E-state index contributed by atoms with van der Waals surface area (Å²) in [5, 5.41) is 1.90. The van der Waals surface area contributed by atoms with Gasteiger partial charge in [-0.25, -0.2) is 4.99 Å². The van der Waals surface area contributed by atoms with Gasteiger partial charge in [0.2, 0.25) is 0 Å². The highest BCUT2D eigenvalue weighted by atomic mass is 32.2. The van der Waals surface area contributed by atoms with Crippen molar-refractivity contribution in [3.8, 4) is 0 Å². The minimum absolute atomic E-state index is 0.597. The summed E-state index contributed by atoms with van der Waals surface area (Å²) in [6.45, 7) is 2.03. The van der Waals surface area contributed by atoms with E-state index in [0.717, 1.165) is 22.7 Å². The summed E-state index contributed by atoms with van der Waals surface area (Å²) in [5.74, 6) is 0. The molecule has 1 nitrogen and oxygen atoms in total. The van der Waals surface area contributed by atoms with E-state index >= 15 is 0 Å². The van der Waals surface area contributed by atoms with E-state index in [4.69, 9.17) is 0 Å². The molecule has 28 heavy (non-hydrogen) atoms. The SMILES string of the molecule is Cc1cccc(SC=CC(=Nc2ccccc2)c2ccc(C(F)(F)F)cc2)c1. The summed E-state index contributed by atoms with van der Waals surface area (Å²) < 4.78 is 38.5. The molecule has 0 heterocycles. The van der Waals surface area contributed by atoms with Crippen LogP contribution < -0.4 is 0 Å². The molecule has 0 radical (unpaired) electrons. The first-order valence-electron chi connectivity index (χ1n) is 8.63. The number of hydrogen-bond donors (Lipinski definition) is 0. The molecule has 3 aromatic carbocycles. The summed E-state index contributed by atoms with van der Waals surface area (Å²) in [6.07, 6.45) is -2.53. The molecule has 142 valence electrons. The lowest BCUT2D eigenvalue weighted by Crippen LogP contribution is -2.05.